The summed E-state index contributed by atoms with van der Waals surface area (Å²) in [5.74, 6) is 0. The molecule has 43 heavy (non-hydrogen) atoms. The quantitative estimate of drug-likeness (QED) is 0.199. The van der Waals surface area contributed by atoms with Crippen molar-refractivity contribution in [1.82, 2.24) is 0 Å². The zero-order chi connectivity index (χ0) is 28.3. The molecule has 202 valence electrons. The highest BCUT2D eigenvalue weighted by Gasteiger charge is 2.22. The van der Waals surface area contributed by atoms with E-state index < -0.39 is 0 Å². The first-order valence-electron chi connectivity index (χ1n) is 14.5. The summed E-state index contributed by atoms with van der Waals surface area (Å²) in [6, 6.07) is 55.5. The van der Waals surface area contributed by atoms with Crippen LogP contribution in [0.1, 0.15) is 0 Å². The highest BCUT2D eigenvalue weighted by molar-refractivity contribution is 7.26. The Labute approximate surface area is 257 Å². The summed E-state index contributed by atoms with van der Waals surface area (Å²) in [4.78, 5) is 2.49. The van der Waals surface area contributed by atoms with Crippen LogP contribution in [-0.4, -0.2) is 0 Å². The standard InChI is InChI=1S/C40H25NS2/c1-2-11-27-24-29(23-22-26(27)10-1)28-12-7-13-30(25-28)41(33-16-8-20-37-39(33)31-14-3-5-18-35(31)42-37)34-17-9-21-38-40(34)32-15-4-6-19-36(32)43-38/h1-25H. The number of benzene rings is 7. The molecule has 0 bridgehead atoms. The zero-order valence-corrected chi connectivity index (χ0v) is 24.8. The normalized spacial score (nSPS) is 11.7. The van der Waals surface area contributed by atoms with E-state index in [1.807, 2.05) is 22.7 Å². The third-order valence-electron chi connectivity index (χ3n) is 8.43. The van der Waals surface area contributed by atoms with Crippen LogP contribution >= 0.6 is 22.7 Å². The van der Waals surface area contributed by atoms with Crippen molar-refractivity contribution in [3.05, 3.63) is 152 Å². The molecule has 0 N–H and O–H groups in total. The maximum Gasteiger partial charge on any atom is 0.0555 e. The molecule has 2 heterocycles. The average molecular weight is 584 g/mol. The maximum absolute atomic E-state index is 2.49. The van der Waals surface area contributed by atoms with Crippen molar-refractivity contribution >= 4 is 90.9 Å². The molecule has 7 aromatic carbocycles. The van der Waals surface area contributed by atoms with Crippen LogP contribution in [0.4, 0.5) is 17.1 Å². The Hall–Kier alpha value is -4.96. The van der Waals surface area contributed by atoms with E-state index in [1.165, 1.54) is 73.6 Å². The average Bonchev–Trinajstić information content (AvgIpc) is 3.64. The number of hydrogen-bond acceptors (Lipinski definition) is 3. The lowest BCUT2D eigenvalue weighted by atomic mass is 10.00. The van der Waals surface area contributed by atoms with Crippen molar-refractivity contribution in [3.8, 4) is 11.1 Å². The molecule has 0 amide bonds. The SMILES string of the molecule is c1cc(-c2ccc3ccccc3c2)cc(N(c2cccc3sc4ccccc4c23)c2cccc3sc4ccccc4c23)c1. The largest absolute Gasteiger partial charge is 0.309 e. The summed E-state index contributed by atoms with van der Waals surface area (Å²) in [6.45, 7) is 0. The van der Waals surface area contributed by atoms with Gasteiger partial charge in [-0.15, -0.1) is 22.7 Å². The van der Waals surface area contributed by atoms with Crippen molar-refractivity contribution in [1.29, 1.82) is 0 Å². The molecule has 3 heteroatoms. The first-order valence-corrected chi connectivity index (χ1v) is 16.1. The summed E-state index contributed by atoms with van der Waals surface area (Å²) in [5.41, 5.74) is 5.98. The number of rotatable bonds is 4. The first kappa shape index (κ1) is 24.6. The number of nitrogens with zero attached hydrogens (tertiary/aromatic N) is 1. The second-order valence-electron chi connectivity index (χ2n) is 10.9. The monoisotopic (exact) mass is 583 g/mol. The van der Waals surface area contributed by atoms with Crippen molar-refractivity contribution < 1.29 is 0 Å². The van der Waals surface area contributed by atoms with E-state index in [1.54, 1.807) is 0 Å². The van der Waals surface area contributed by atoms with Gasteiger partial charge in [0.2, 0.25) is 0 Å². The minimum absolute atomic E-state index is 1.15. The van der Waals surface area contributed by atoms with Crippen LogP contribution in [0.25, 0.3) is 62.2 Å². The van der Waals surface area contributed by atoms with Gasteiger partial charge in [0, 0.05) is 46.0 Å². The van der Waals surface area contributed by atoms with Crippen molar-refractivity contribution in [2.45, 2.75) is 0 Å². The smallest absolute Gasteiger partial charge is 0.0555 e. The molecule has 9 rings (SSSR count). The Morgan fingerprint density at radius 3 is 1.58 bits per heavy atom. The summed E-state index contributed by atoms with van der Waals surface area (Å²) >= 11 is 3.74. The molecule has 1 nitrogen and oxygen atoms in total. The molecule has 2 aromatic heterocycles. The van der Waals surface area contributed by atoms with Crippen LogP contribution in [0, 0.1) is 0 Å². The fourth-order valence-electron chi connectivity index (χ4n) is 6.49. The minimum atomic E-state index is 1.15. The van der Waals surface area contributed by atoms with Crippen LogP contribution in [0.2, 0.25) is 0 Å². The first-order chi connectivity index (χ1) is 21.3. The fraction of sp³-hybridized carbons (Fsp3) is 0. The van der Waals surface area contributed by atoms with Crippen molar-refractivity contribution in [2.75, 3.05) is 4.90 Å². The molecule has 0 aliphatic rings. The fourth-order valence-corrected chi connectivity index (χ4v) is 8.74. The number of fused-ring (bicyclic) bond motifs is 7. The van der Waals surface area contributed by atoms with E-state index >= 15 is 0 Å². The summed E-state index contributed by atoms with van der Waals surface area (Å²) in [6.07, 6.45) is 0. The molecule has 0 saturated carbocycles. The molecule has 0 atom stereocenters. The lowest BCUT2D eigenvalue weighted by Crippen LogP contribution is -2.10. The molecule has 0 spiro atoms. The Morgan fingerprint density at radius 1 is 0.372 bits per heavy atom. The molecule has 0 aliphatic heterocycles. The molecule has 0 saturated heterocycles. The highest BCUT2D eigenvalue weighted by Crippen LogP contribution is 2.49. The van der Waals surface area contributed by atoms with Gasteiger partial charge in [0.05, 0.1) is 11.4 Å². The van der Waals surface area contributed by atoms with Crippen LogP contribution in [0.3, 0.4) is 0 Å². The molecular formula is C40H25NS2. The Balaban J connectivity index is 1.35. The van der Waals surface area contributed by atoms with Crippen LogP contribution < -0.4 is 4.90 Å². The number of hydrogen-bond donors (Lipinski definition) is 0. The van der Waals surface area contributed by atoms with Crippen molar-refractivity contribution in [2.24, 2.45) is 0 Å². The van der Waals surface area contributed by atoms with Gasteiger partial charge in [0.25, 0.3) is 0 Å². The third-order valence-corrected chi connectivity index (χ3v) is 10.7. The van der Waals surface area contributed by atoms with Gasteiger partial charge in [0.15, 0.2) is 0 Å². The summed E-state index contributed by atoms with van der Waals surface area (Å²) in [5, 5.41) is 7.72. The Kier molecular flexibility index (Phi) is 5.62. The second kappa shape index (κ2) is 9.81. The minimum Gasteiger partial charge on any atom is -0.309 e. The van der Waals surface area contributed by atoms with Gasteiger partial charge in [-0.05, 0) is 76.5 Å². The van der Waals surface area contributed by atoms with E-state index in [0.717, 1.165) is 5.69 Å². The summed E-state index contributed by atoms with van der Waals surface area (Å²) in [7, 11) is 0. The second-order valence-corrected chi connectivity index (χ2v) is 13.1. The predicted octanol–water partition coefficient (Wildman–Crippen LogP) is 12.7. The van der Waals surface area contributed by atoms with E-state index in [-0.39, 0.29) is 0 Å². The lowest BCUT2D eigenvalue weighted by Gasteiger charge is -2.28. The third kappa shape index (κ3) is 3.97. The van der Waals surface area contributed by atoms with Crippen LogP contribution in [0.15, 0.2) is 152 Å². The topological polar surface area (TPSA) is 3.24 Å². The van der Waals surface area contributed by atoms with Crippen LogP contribution in [0.5, 0.6) is 0 Å². The zero-order valence-electron chi connectivity index (χ0n) is 23.2. The van der Waals surface area contributed by atoms with E-state index in [9.17, 15) is 0 Å². The molecule has 0 unspecified atom stereocenters. The number of thiophene rings is 2. The van der Waals surface area contributed by atoms with E-state index in [0.29, 0.717) is 0 Å². The highest BCUT2D eigenvalue weighted by atomic mass is 32.1. The predicted molar refractivity (Wildman–Crippen MR) is 190 cm³/mol. The van der Waals surface area contributed by atoms with E-state index in [2.05, 4.69) is 157 Å². The van der Waals surface area contributed by atoms with Gasteiger partial charge >= 0.3 is 0 Å². The van der Waals surface area contributed by atoms with Gasteiger partial charge in [-0.3, -0.25) is 0 Å². The van der Waals surface area contributed by atoms with Gasteiger partial charge in [-0.1, -0.05) is 97.1 Å². The van der Waals surface area contributed by atoms with Gasteiger partial charge in [-0.2, -0.15) is 0 Å². The Morgan fingerprint density at radius 2 is 0.907 bits per heavy atom. The van der Waals surface area contributed by atoms with Gasteiger partial charge in [0.1, 0.15) is 0 Å². The molecule has 0 radical (unpaired) electrons. The Bertz CT molecular complexity index is 2370. The molecular weight excluding hydrogens is 559 g/mol. The lowest BCUT2D eigenvalue weighted by molar-refractivity contribution is 1.32. The van der Waals surface area contributed by atoms with Gasteiger partial charge in [-0.25, -0.2) is 0 Å². The maximum atomic E-state index is 2.49. The van der Waals surface area contributed by atoms with Crippen molar-refractivity contribution in [3.63, 3.8) is 0 Å². The van der Waals surface area contributed by atoms with Gasteiger partial charge < -0.3 is 4.90 Å². The van der Waals surface area contributed by atoms with Crippen LogP contribution in [-0.2, 0) is 0 Å². The summed E-state index contributed by atoms with van der Waals surface area (Å²) < 4.78 is 5.23. The molecule has 0 fully saturated rings. The number of anilines is 3. The molecule has 0 aliphatic carbocycles. The van der Waals surface area contributed by atoms with E-state index in [4.69, 9.17) is 0 Å². The molecule has 9 aromatic rings.